The second-order valence-corrected chi connectivity index (χ2v) is 6.90. The van der Waals surface area contributed by atoms with E-state index in [-0.39, 0.29) is 17.4 Å². The number of benzene rings is 1. The Bertz CT molecular complexity index is 778. The summed E-state index contributed by atoms with van der Waals surface area (Å²) in [6.07, 6.45) is 4.18. The van der Waals surface area contributed by atoms with Crippen LogP contribution in [0.15, 0.2) is 27.1 Å². The number of carbonyl (C=O) groups is 2. The highest BCUT2D eigenvalue weighted by molar-refractivity contribution is 9.10. The lowest BCUT2D eigenvalue weighted by Crippen LogP contribution is -2.52. The number of furan rings is 1. The molecule has 122 valence electrons. The third kappa shape index (κ3) is 2.98. The molecule has 0 aliphatic heterocycles. The summed E-state index contributed by atoms with van der Waals surface area (Å²) >= 11 is 3.37. The zero-order valence-electron chi connectivity index (χ0n) is 12.5. The predicted octanol–water partition coefficient (Wildman–Crippen LogP) is 2.89. The maximum absolute atomic E-state index is 12.6. The quantitative estimate of drug-likeness (QED) is 0.760. The highest BCUT2D eigenvalue weighted by Gasteiger charge is 2.36. The number of nitrogens with one attached hydrogen (secondary N) is 1. The molecular formula is C16H18BrN3O3. The molecular weight excluding hydrogens is 362 g/mol. The molecule has 6 nitrogen and oxygen atoms in total. The molecule has 1 aromatic heterocycles. The van der Waals surface area contributed by atoms with Gasteiger partial charge in [0.25, 0.3) is 5.91 Å². The van der Waals surface area contributed by atoms with E-state index in [0.717, 1.165) is 23.7 Å². The molecule has 1 fully saturated rings. The summed E-state index contributed by atoms with van der Waals surface area (Å²) in [4.78, 5) is 24.3. The van der Waals surface area contributed by atoms with Crippen LogP contribution in [0.2, 0.25) is 0 Å². The predicted molar refractivity (Wildman–Crippen MR) is 91.1 cm³/mol. The minimum absolute atomic E-state index is 0.0640. The largest absolute Gasteiger partial charge is 0.449 e. The van der Waals surface area contributed by atoms with Crippen LogP contribution in [0.1, 0.15) is 42.7 Å². The van der Waals surface area contributed by atoms with Crippen molar-refractivity contribution < 1.29 is 14.0 Å². The summed E-state index contributed by atoms with van der Waals surface area (Å²) in [7, 11) is 0. The van der Waals surface area contributed by atoms with Gasteiger partial charge < -0.3 is 21.2 Å². The van der Waals surface area contributed by atoms with Gasteiger partial charge in [-0.05, 0) is 31.0 Å². The van der Waals surface area contributed by atoms with Crippen LogP contribution in [0.25, 0.3) is 11.0 Å². The minimum atomic E-state index is -0.914. The molecule has 2 amide bonds. The van der Waals surface area contributed by atoms with E-state index in [1.54, 1.807) is 18.2 Å². The first-order valence-corrected chi connectivity index (χ1v) is 8.32. The van der Waals surface area contributed by atoms with Gasteiger partial charge in [-0.25, -0.2) is 0 Å². The summed E-state index contributed by atoms with van der Waals surface area (Å²) < 4.78 is 6.29. The zero-order valence-corrected chi connectivity index (χ0v) is 14.1. The Morgan fingerprint density at radius 3 is 2.57 bits per heavy atom. The zero-order chi connectivity index (χ0) is 16.6. The van der Waals surface area contributed by atoms with Gasteiger partial charge in [0.15, 0.2) is 0 Å². The van der Waals surface area contributed by atoms with Crippen LogP contribution < -0.4 is 16.8 Å². The third-order valence-electron chi connectivity index (χ3n) is 4.31. The maximum Gasteiger partial charge on any atom is 0.286 e. The van der Waals surface area contributed by atoms with Crippen LogP contribution in [0.3, 0.4) is 0 Å². The molecule has 0 unspecified atom stereocenters. The van der Waals surface area contributed by atoms with Gasteiger partial charge in [0.05, 0.1) is 5.54 Å². The molecule has 0 bridgehead atoms. The number of carbonyl (C=O) groups excluding carboxylic acids is 2. The summed E-state index contributed by atoms with van der Waals surface area (Å²) in [5, 5.41) is 3.38. The molecule has 0 saturated heterocycles. The van der Waals surface area contributed by atoms with Crippen molar-refractivity contribution in [1.82, 2.24) is 0 Å². The van der Waals surface area contributed by atoms with Crippen molar-refractivity contribution in [3.8, 4) is 0 Å². The van der Waals surface area contributed by atoms with Crippen molar-refractivity contribution in [2.45, 2.75) is 37.6 Å². The Labute approximate surface area is 141 Å². The first-order chi connectivity index (χ1) is 10.9. The fraction of sp³-hybridized carbons (Fsp3) is 0.375. The molecule has 7 heteroatoms. The van der Waals surface area contributed by atoms with Crippen LogP contribution in [0, 0.1) is 0 Å². The molecule has 0 atom stereocenters. The molecule has 23 heavy (non-hydrogen) atoms. The SMILES string of the molecule is NC(=O)c1oc2ccc(Br)cc2c1NC(=O)C1(N)CCCCC1. The highest BCUT2D eigenvalue weighted by atomic mass is 79.9. The minimum Gasteiger partial charge on any atom is -0.449 e. The molecule has 1 aliphatic carbocycles. The summed E-state index contributed by atoms with van der Waals surface area (Å²) in [5.74, 6) is -1.10. The Kier molecular flexibility index (Phi) is 4.16. The van der Waals surface area contributed by atoms with Gasteiger partial charge in [-0.2, -0.15) is 0 Å². The van der Waals surface area contributed by atoms with Gasteiger partial charge in [0.2, 0.25) is 11.7 Å². The maximum atomic E-state index is 12.6. The van der Waals surface area contributed by atoms with Crippen LogP contribution >= 0.6 is 15.9 Å². The topological polar surface area (TPSA) is 111 Å². The number of rotatable bonds is 3. The van der Waals surface area contributed by atoms with Gasteiger partial charge in [0, 0.05) is 9.86 Å². The molecule has 5 N–H and O–H groups in total. The van der Waals surface area contributed by atoms with Crippen molar-refractivity contribution in [3.63, 3.8) is 0 Å². The first-order valence-electron chi connectivity index (χ1n) is 7.53. The third-order valence-corrected chi connectivity index (χ3v) is 4.80. The Hall–Kier alpha value is -1.86. The van der Waals surface area contributed by atoms with Gasteiger partial charge in [-0.3, -0.25) is 9.59 Å². The molecule has 0 spiro atoms. The molecule has 1 saturated carbocycles. The van der Waals surface area contributed by atoms with Gasteiger partial charge in [0.1, 0.15) is 11.3 Å². The second-order valence-electron chi connectivity index (χ2n) is 5.98. The highest BCUT2D eigenvalue weighted by Crippen LogP contribution is 2.34. The average molecular weight is 380 g/mol. The van der Waals surface area contributed by atoms with Gasteiger partial charge in [-0.1, -0.05) is 35.2 Å². The van der Waals surface area contributed by atoms with Crippen LogP contribution in [-0.2, 0) is 4.79 Å². The normalized spacial score (nSPS) is 17.1. The molecule has 1 aromatic carbocycles. The van der Waals surface area contributed by atoms with E-state index in [1.165, 1.54) is 0 Å². The van der Waals surface area contributed by atoms with Gasteiger partial charge in [-0.15, -0.1) is 0 Å². The monoisotopic (exact) mass is 379 g/mol. The lowest BCUT2D eigenvalue weighted by molar-refractivity contribution is -0.122. The summed E-state index contributed by atoms with van der Waals surface area (Å²) in [5.41, 5.74) is 11.5. The summed E-state index contributed by atoms with van der Waals surface area (Å²) in [6, 6.07) is 5.26. The van der Waals surface area contributed by atoms with Crippen molar-refractivity contribution in [1.29, 1.82) is 0 Å². The van der Waals surface area contributed by atoms with E-state index in [0.29, 0.717) is 23.8 Å². The van der Waals surface area contributed by atoms with E-state index in [2.05, 4.69) is 21.2 Å². The second kappa shape index (κ2) is 5.98. The van der Waals surface area contributed by atoms with Crippen molar-refractivity contribution in [2.24, 2.45) is 11.5 Å². The summed E-state index contributed by atoms with van der Waals surface area (Å²) in [6.45, 7) is 0. The van der Waals surface area contributed by atoms with E-state index in [4.69, 9.17) is 15.9 Å². The molecule has 1 aliphatic rings. The lowest BCUT2D eigenvalue weighted by Gasteiger charge is -2.31. The Morgan fingerprint density at radius 2 is 1.91 bits per heavy atom. The van der Waals surface area contributed by atoms with Crippen molar-refractivity contribution in [3.05, 3.63) is 28.4 Å². The number of anilines is 1. The molecule has 1 heterocycles. The number of hydrogen-bond acceptors (Lipinski definition) is 4. The fourth-order valence-corrected chi connectivity index (χ4v) is 3.38. The van der Waals surface area contributed by atoms with Crippen molar-refractivity contribution >= 4 is 44.4 Å². The van der Waals surface area contributed by atoms with E-state index in [9.17, 15) is 9.59 Å². The lowest BCUT2D eigenvalue weighted by atomic mass is 9.82. The number of halogens is 1. The van der Waals surface area contributed by atoms with Crippen LogP contribution in [0.4, 0.5) is 5.69 Å². The fourth-order valence-electron chi connectivity index (χ4n) is 3.02. The Balaban J connectivity index is 2.01. The van der Waals surface area contributed by atoms with Crippen LogP contribution in [-0.4, -0.2) is 17.4 Å². The van der Waals surface area contributed by atoms with Crippen LogP contribution in [0.5, 0.6) is 0 Å². The number of primary amides is 1. The standard InChI is InChI=1S/C16H18BrN3O3/c17-9-4-5-11-10(8-9)12(13(23-11)14(18)21)20-15(22)16(19)6-2-1-3-7-16/h4-5,8H,1-3,6-7,19H2,(H2,18,21)(H,20,22). The number of hydrogen-bond donors (Lipinski definition) is 3. The number of fused-ring (bicyclic) bond motifs is 1. The smallest absolute Gasteiger partial charge is 0.286 e. The Morgan fingerprint density at radius 1 is 1.22 bits per heavy atom. The van der Waals surface area contributed by atoms with Crippen molar-refractivity contribution in [2.75, 3.05) is 5.32 Å². The van der Waals surface area contributed by atoms with E-state index >= 15 is 0 Å². The molecule has 0 radical (unpaired) electrons. The van der Waals surface area contributed by atoms with E-state index < -0.39 is 11.4 Å². The number of amides is 2. The van der Waals surface area contributed by atoms with E-state index in [1.807, 2.05) is 0 Å². The average Bonchev–Trinajstić information content (AvgIpc) is 2.86. The first kappa shape index (κ1) is 16.0. The van der Waals surface area contributed by atoms with Gasteiger partial charge >= 0.3 is 0 Å². The number of nitrogens with two attached hydrogens (primary N) is 2. The molecule has 2 aromatic rings. The molecule has 3 rings (SSSR count).